The number of nitrogens with zero attached hydrogens (tertiary/aromatic N) is 1. The Morgan fingerprint density at radius 3 is 2.79 bits per heavy atom. The van der Waals surface area contributed by atoms with E-state index in [9.17, 15) is 4.79 Å². The van der Waals surface area contributed by atoms with Crippen LogP contribution in [0.5, 0.6) is 0 Å². The summed E-state index contributed by atoms with van der Waals surface area (Å²) in [6.45, 7) is 5.54. The fourth-order valence-electron chi connectivity index (χ4n) is 1.91. The Kier molecular flexibility index (Phi) is 3.96. The molecular weight excluding hydrogens is 202 g/mol. The van der Waals surface area contributed by atoms with E-state index < -0.39 is 5.97 Å². The van der Waals surface area contributed by atoms with Crippen LogP contribution in [0.4, 0.5) is 0 Å². The summed E-state index contributed by atoms with van der Waals surface area (Å²) in [6.07, 6.45) is 0.742. The lowest BCUT2D eigenvalue weighted by molar-refractivity contribution is -0.142. The molecule has 0 spiro atoms. The number of hydrogen-bond donors (Lipinski definition) is 1. The van der Waals surface area contributed by atoms with E-state index in [1.807, 2.05) is 13.8 Å². The van der Waals surface area contributed by atoms with Crippen molar-refractivity contribution in [1.82, 2.24) is 4.90 Å². The van der Waals surface area contributed by atoms with Crippen molar-refractivity contribution >= 4 is 17.6 Å². The minimum Gasteiger partial charge on any atom is -0.481 e. The Balaban J connectivity index is 2.55. The first-order valence-electron chi connectivity index (χ1n) is 4.79. The zero-order valence-electron chi connectivity index (χ0n) is 8.53. The summed E-state index contributed by atoms with van der Waals surface area (Å²) < 4.78 is 0. The van der Waals surface area contributed by atoms with Crippen LogP contribution >= 0.6 is 11.6 Å². The first-order valence-corrected chi connectivity index (χ1v) is 5.22. The molecule has 3 nitrogen and oxygen atoms in total. The third-order valence-electron chi connectivity index (χ3n) is 2.84. The second-order valence-electron chi connectivity index (χ2n) is 3.90. The highest BCUT2D eigenvalue weighted by Gasteiger charge is 2.35. The maximum absolute atomic E-state index is 10.8. The molecule has 1 fully saturated rings. The van der Waals surface area contributed by atoms with E-state index in [0.717, 1.165) is 25.1 Å². The molecule has 0 aromatic heterocycles. The Morgan fingerprint density at radius 2 is 2.36 bits per heavy atom. The minimum atomic E-state index is -0.687. The van der Waals surface area contributed by atoms with Crippen molar-refractivity contribution in [2.45, 2.75) is 26.3 Å². The van der Waals surface area contributed by atoms with Gasteiger partial charge in [0.1, 0.15) is 0 Å². The van der Waals surface area contributed by atoms with Gasteiger partial charge in [-0.25, -0.2) is 0 Å². The van der Waals surface area contributed by atoms with Crippen LogP contribution in [0, 0.1) is 5.92 Å². The van der Waals surface area contributed by atoms with Gasteiger partial charge in [0.2, 0.25) is 0 Å². The van der Waals surface area contributed by atoms with Crippen molar-refractivity contribution < 1.29 is 9.90 Å². The quantitative estimate of drug-likeness (QED) is 0.786. The monoisotopic (exact) mass is 217 g/mol. The molecule has 0 amide bonds. The van der Waals surface area contributed by atoms with Gasteiger partial charge in [-0.1, -0.05) is 11.6 Å². The van der Waals surface area contributed by atoms with Crippen LogP contribution in [-0.4, -0.2) is 35.1 Å². The predicted octanol–water partition coefficient (Wildman–Crippen LogP) is 1.92. The molecule has 1 N–H and O–H groups in total. The SMILES string of the molecule is C/C(=C\Cl)CN1CCC(C(=O)O)C1C. The lowest BCUT2D eigenvalue weighted by atomic mass is 10.0. The minimum absolute atomic E-state index is 0.110. The van der Waals surface area contributed by atoms with Gasteiger partial charge in [-0.3, -0.25) is 9.69 Å². The highest BCUT2D eigenvalue weighted by Crippen LogP contribution is 2.24. The first kappa shape index (κ1) is 11.5. The molecule has 0 saturated carbocycles. The van der Waals surface area contributed by atoms with E-state index in [2.05, 4.69) is 4.90 Å². The molecule has 0 aromatic rings. The van der Waals surface area contributed by atoms with Gasteiger partial charge in [0.15, 0.2) is 0 Å². The number of carboxylic acids is 1. The van der Waals surface area contributed by atoms with Crippen molar-refractivity contribution in [3.63, 3.8) is 0 Å². The second-order valence-corrected chi connectivity index (χ2v) is 4.12. The van der Waals surface area contributed by atoms with E-state index in [0.29, 0.717) is 0 Å². The van der Waals surface area contributed by atoms with Crippen LogP contribution in [-0.2, 0) is 4.79 Å². The van der Waals surface area contributed by atoms with E-state index >= 15 is 0 Å². The summed E-state index contributed by atoms with van der Waals surface area (Å²) in [7, 11) is 0. The zero-order chi connectivity index (χ0) is 10.7. The van der Waals surface area contributed by atoms with Crippen LogP contribution < -0.4 is 0 Å². The topological polar surface area (TPSA) is 40.5 Å². The van der Waals surface area contributed by atoms with E-state index in [4.69, 9.17) is 16.7 Å². The normalized spacial score (nSPS) is 29.5. The number of carboxylic acid groups (broad SMARTS) is 1. The number of likely N-dealkylation sites (tertiary alicyclic amines) is 1. The maximum Gasteiger partial charge on any atom is 0.308 e. The van der Waals surface area contributed by atoms with Crippen LogP contribution in [0.1, 0.15) is 20.3 Å². The summed E-state index contributed by atoms with van der Waals surface area (Å²) >= 11 is 5.57. The molecule has 0 bridgehead atoms. The van der Waals surface area contributed by atoms with Crippen molar-refractivity contribution in [3.8, 4) is 0 Å². The fraction of sp³-hybridized carbons (Fsp3) is 0.700. The van der Waals surface area contributed by atoms with Gasteiger partial charge in [0.25, 0.3) is 0 Å². The smallest absolute Gasteiger partial charge is 0.308 e. The lowest BCUT2D eigenvalue weighted by Crippen LogP contribution is -2.33. The van der Waals surface area contributed by atoms with Crippen molar-refractivity contribution in [2.75, 3.05) is 13.1 Å². The van der Waals surface area contributed by atoms with Gasteiger partial charge in [0.05, 0.1) is 5.92 Å². The molecular formula is C10H16ClNO2. The third-order valence-corrected chi connectivity index (χ3v) is 3.21. The molecule has 80 valence electrons. The largest absolute Gasteiger partial charge is 0.481 e. The van der Waals surface area contributed by atoms with Gasteiger partial charge >= 0.3 is 5.97 Å². The van der Waals surface area contributed by atoms with Gasteiger partial charge in [-0.05, 0) is 32.4 Å². The third kappa shape index (κ3) is 2.49. The van der Waals surface area contributed by atoms with Crippen molar-refractivity contribution in [3.05, 3.63) is 11.1 Å². The molecule has 0 radical (unpaired) electrons. The fourth-order valence-corrected chi connectivity index (χ4v) is 1.98. The molecule has 1 rings (SSSR count). The first-order chi connectivity index (χ1) is 6.56. The van der Waals surface area contributed by atoms with Gasteiger partial charge in [-0.15, -0.1) is 0 Å². The highest BCUT2D eigenvalue weighted by molar-refractivity contribution is 6.25. The molecule has 2 unspecified atom stereocenters. The number of carbonyl (C=O) groups is 1. The molecule has 1 aliphatic rings. The average Bonchev–Trinajstić information content (AvgIpc) is 2.48. The van der Waals surface area contributed by atoms with E-state index in [1.165, 1.54) is 0 Å². The number of halogens is 1. The molecule has 0 aromatic carbocycles. The highest BCUT2D eigenvalue weighted by atomic mass is 35.5. The molecule has 1 heterocycles. The van der Waals surface area contributed by atoms with Crippen molar-refractivity contribution in [1.29, 1.82) is 0 Å². The summed E-state index contributed by atoms with van der Waals surface area (Å²) in [6, 6.07) is 0.110. The number of hydrogen-bond acceptors (Lipinski definition) is 2. The summed E-state index contributed by atoms with van der Waals surface area (Å²) in [5, 5.41) is 8.93. The lowest BCUT2D eigenvalue weighted by Gasteiger charge is -2.22. The van der Waals surface area contributed by atoms with Gasteiger partial charge in [0, 0.05) is 18.1 Å². The molecule has 4 heteroatoms. The average molecular weight is 218 g/mol. The molecule has 14 heavy (non-hydrogen) atoms. The number of rotatable bonds is 3. The van der Waals surface area contributed by atoms with E-state index in [-0.39, 0.29) is 12.0 Å². The molecule has 1 aliphatic heterocycles. The molecule has 1 saturated heterocycles. The predicted molar refractivity (Wildman–Crippen MR) is 56.4 cm³/mol. The van der Waals surface area contributed by atoms with Gasteiger partial charge < -0.3 is 5.11 Å². The summed E-state index contributed by atoms with van der Waals surface area (Å²) in [5.74, 6) is -0.911. The second kappa shape index (κ2) is 4.80. The molecule has 2 atom stereocenters. The Hall–Kier alpha value is -0.540. The molecule has 0 aliphatic carbocycles. The Labute approximate surface area is 89.3 Å². The summed E-state index contributed by atoms with van der Waals surface area (Å²) in [5.41, 5.74) is 2.63. The van der Waals surface area contributed by atoms with Crippen LogP contribution in [0.3, 0.4) is 0 Å². The zero-order valence-corrected chi connectivity index (χ0v) is 9.29. The van der Waals surface area contributed by atoms with Crippen molar-refractivity contribution in [2.24, 2.45) is 5.92 Å². The number of aliphatic carboxylic acids is 1. The summed E-state index contributed by atoms with van der Waals surface area (Å²) in [4.78, 5) is 13.0. The van der Waals surface area contributed by atoms with Gasteiger partial charge in [-0.2, -0.15) is 0 Å². The Morgan fingerprint density at radius 1 is 1.71 bits per heavy atom. The van der Waals surface area contributed by atoms with E-state index in [1.54, 1.807) is 5.54 Å². The Bertz CT molecular complexity index is 253. The maximum atomic E-state index is 10.8. The standard InChI is InChI=1S/C10H16ClNO2/c1-7(5-11)6-12-4-3-9(8(12)2)10(13)14/h5,8-9H,3-4,6H2,1-2H3,(H,13,14)/b7-5+. The van der Waals surface area contributed by atoms with Crippen LogP contribution in [0.25, 0.3) is 0 Å². The van der Waals surface area contributed by atoms with Crippen LogP contribution in [0.2, 0.25) is 0 Å². The van der Waals surface area contributed by atoms with Crippen LogP contribution in [0.15, 0.2) is 11.1 Å².